The van der Waals surface area contributed by atoms with E-state index < -0.39 is 0 Å². The number of anilines is 2. The maximum atomic E-state index is 13.5. The van der Waals surface area contributed by atoms with E-state index in [9.17, 15) is 9.59 Å². The molecule has 1 aromatic carbocycles. The van der Waals surface area contributed by atoms with Crippen molar-refractivity contribution in [3.8, 4) is 0 Å². The van der Waals surface area contributed by atoms with Crippen LogP contribution in [-0.2, 0) is 4.79 Å². The first kappa shape index (κ1) is 21.2. The third-order valence-corrected chi connectivity index (χ3v) is 7.24. The summed E-state index contributed by atoms with van der Waals surface area (Å²) in [6, 6.07) is 5.98. The summed E-state index contributed by atoms with van der Waals surface area (Å²) in [6.45, 7) is 5.94. The van der Waals surface area contributed by atoms with Gasteiger partial charge in [-0.05, 0) is 69.1 Å². The molecule has 2 saturated heterocycles. The van der Waals surface area contributed by atoms with Crippen molar-refractivity contribution in [2.24, 2.45) is 11.8 Å². The molecular formula is C25H37N3O2. The lowest BCUT2D eigenvalue weighted by Gasteiger charge is -2.34. The highest BCUT2D eigenvalue weighted by Crippen LogP contribution is 2.31. The Bertz CT molecular complexity index is 743. The smallest absolute Gasteiger partial charge is 0.256 e. The number of carbonyl (C=O) groups is 2. The Balaban J connectivity index is 1.56. The normalized spacial score (nSPS) is 21.5. The largest absolute Gasteiger partial charge is 0.371 e. The number of rotatable bonds is 4. The van der Waals surface area contributed by atoms with Crippen LogP contribution in [0.4, 0.5) is 11.4 Å². The Morgan fingerprint density at radius 2 is 1.53 bits per heavy atom. The first-order valence-corrected chi connectivity index (χ1v) is 12.1. The van der Waals surface area contributed by atoms with Crippen LogP contribution < -0.4 is 10.2 Å². The summed E-state index contributed by atoms with van der Waals surface area (Å²) in [6.07, 6.45) is 11.2. The van der Waals surface area contributed by atoms with E-state index in [0.29, 0.717) is 5.92 Å². The summed E-state index contributed by atoms with van der Waals surface area (Å²) in [5.41, 5.74) is 2.56. The maximum absolute atomic E-state index is 13.5. The van der Waals surface area contributed by atoms with E-state index in [2.05, 4.69) is 23.2 Å². The average Bonchev–Trinajstić information content (AvgIpc) is 2.80. The molecule has 4 rings (SSSR count). The molecule has 2 amide bonds. The maximum Gasteiger partial charge on any atom is 0.256 e. The Kier molecular flexibility index (Phi) is 6.96. The van der Waals surface area contributed by atoms with Crippen molar-refractivity contribution in [3.05, 3.63) is 23.8 Å². The quantitative estimate of drug-likeness (QED) is 0.753. The van der Waals surface area contributed by atoms with Crippen LogP contribution in [0.3, 0.4) is 0 Å². The number of benzene rings is 1. The fourth-order valence-corrected chi connectivity index (χ4v) is 5.19. The van der Waals surface area contributed by atoms with E-state index in [1.165, 1.54) is 25.7 Å². The van der Waals surface area contributed by atoms with Crippen LogP contribution in [0, 0.1) is 11.8 Å². The molecule has 1 aliphatic carbocycles. The summed E-state index contributed by atoms with van der Waals surface area (Å²) in [5.74, 6) is 1.04. The molecule has 164 valence electrons. The molecule has 0 atom stereocenters. The van der Waals surface area contributed by atoms with Gasteiger partial charge in [-0.3, -0.25) is 9.59 Å². The molecule has 0 radical (unpaired) electrons. The van der Waals surface area contributed by atoms with E-state index in [-0.39, 0.29) is 17.7 Å². The minimum absolute atomic E-state index is 0.114. The standard InChI is InChI=1S/C25H37N3O2/c1-19-12-16-28(17-13-19)25(30)22-18-21(26-24(29)20-8-4-2-5-9-20)10-11-23(22)27-14-6-3-7-15-27/h10-11,18-20H,2-9,12-17H2,1H3,(H,26,29). The lowest BCUT2D eigenvalue weighted by atomic mass is 9.88. The monoisotopic (exact) mass is 411 g/mol. The highest BCUT2D eigenvalue weighted by molar-refractivity contribution is 6.02. The second-order valence-corrected chi connectivity index (χ2v) is 9.58. The molecule has 3 aliphatic rings. The number of nitrogens with zero attached hydrogens (tertiary/aromatic N) is 2. The van der Waals surface area contributed by atoms with E-state index in [1.54, 1.807) is 0 Å². The fourth-order valence-electron chi connectivity index (χ4n) is 5.19. The lowest BCUT2D eigenvalue weighted by Crippen LogP contribution is -2.39. The van der Waals surface area contributed by atoms with Gasteiger partial charge in [0.2, 0.25) is 5.91 Å². The van der Waals surface area contributed by atoms with Crippen LogP contribution in [0.1, 0.15) is 81.5 Å². The molecule has 2 heterocycles. The van der Waals surface area contributed by atoms with E-state index in [0.717, 1.165) is 81.6 Å². The van der Waals surface area contributed by atoms with Crippen LogP contribution in [0.25, 0.3) is 0 Å². The molecule has 1 N–H and O–H groups in total. The predicted octanol–water partition coefficient (Wildman–Crippen LogP) is 5.07. The first-order chi connectivity index (χ1) is 14.6. The zero-order valence-electron chi connectivity index (χ0n) is 18.5. The van der Waals surface area contributed by atoms with Crippen molar-refractivity contribution < 1.29 is 9.59 Å². The zero-order chi connectivity index (χ0) is 20.9. The number of likely N-dealkylation sites (tertiary alicyclic amines) is 1. The minimum Gasteiger partial charge on any atom is -0.371 e. The average molecular weight is 412 g/mol. The predicted molar refractivity (Wildman–Crippen MR) is 122 cm³/mol. The summed E-state index contributed by atoms with van der Waals surface area (Å²) in [4.78, 5) is 30.6. The summed E-state index contributed by atoms with van der Waals surface area (Å²) >= 11 is 0. The highest BCUT2D eigenvalue weighted by Gasteiger charge is 2.27. The third-order valence-electron chi connectivity index (χ3n) is 7.24. The van der Waals surface area contributed by atoms with Crippen molar-refractivity contribution in [1.29, 1.82) is 0 Å². The molecular weight excluding hydrogens is 374 g/mol. The van der Waals surface area contributed by atoms with Crippen LogP contribution in [-0.4, -0.2) is 42.9 Å². The summed E-state index contributed by atoms with van der Waals surface area (Å²) < 4.78 is 0. The second-order valence-electron chi connectivity index (χ2n) is 9.58. The molecule has 5 heteroatoms. The van der Waals surface area contributed by atoms with Crippen molar-refractivity contribution in [2.45, 2.75) is 71.1 Å². The summed E-state index contributed by atoms with van der Waals surface area (Å²) in [5, 5.41) is 3.12. The number of carbonyl (C=O) groups excluding carboxylic acids is 2. The number of nitrogens with one attached hydrogen (secondary N) is 1. The Labute approximate surface area is 181 Å². The van der Waals surface area contributed by atoms with E-state index in [1.807, 2.05) is 17.0 Å². The fraction of sp³-hybridized carbons (Fsp3) is 0.680. The third kappa shape index (κ3) is 4.98. The number of hydrogen-bond donors (Lipinski definition) is 1. The van der Waals surface area contributed by atoms with Gasteiger partial charge in [0.25, 0.3) is 5.91 Å². The Hall–Kier alpha value is -2.04. The molecule has 30 heavy (non-hydrogen) atoms. The molecule has 5 nitrogen and oxygen atoms in total. The SMILES string of the molecule is CC1CCN(C(=O)c2cc(NC(=O)C3CCCCC3)ccc2N2CCCCC2)CC1. The van der Waals surface area contributed by atoms with Gasteiger partial charge in [0.1, 0.15) is 0 Å². The van der Waals surface area contributed by atoms with Gasteiger partial charge in [-0.25, -0.2) is 0 Å². The minimum atomic E-state index is 0.114. The van der Waals surface area contributed by atoms with E-state index in [4.69, 9.17) is 0 Å². The van der Waals surface area contributed by atoms with Crippen molar-refractivity contribution in [2.75, 3.05) is 36.4 Å². The second kappa shape index (κ2) is 9.84. The first-order valence-electron chi connectivity index (χ1n) is 12.1. The molecule has 3 fully saturated rings. The van der Waals surface area contributed by atoms with Gasteiger partial charge in [0, 0.05) is 43.5 Å². The lowest BCUT2D eigenvalue weighted by molar-refractivity contribution is -0.120. The molecule has 2 aliphatic heterocycles. The Morgan fingerprint density at radius 3 is 2.23 bits per heavy atom. The molecule has 0 bridgehead atoms. The van der Waals surface area contributed by atoms with Crippen molar-refractivity contribution in [3.63, 3.8) is 0 Å². The molecule has 1 saturated carbocycles. The number of amides is 2. The van der Waals surface area contributed by atoms with Gasteiger partial charge in [0.05, 0.1) is 5.56 Å². The molecule has 0 aromatic heterocycles. The van der Waals surface area contributed by atoms with E-state index >= 15 is 0 Å². The van der Waals surface area contributed by atoms with Gasteiger partial charge in [-0.2, -0.15) is 0 Å². The van der Waals surface area contributed by atoms with Crippen molar-refractivity contribution >= 4 is 23.2 Å². The molecule has 0 spiro atoms. The van der Waals surface area contributed by atoms with Gasteiger partial charge >= 0.3 is 0 Å². The van der Waals surface area contributed by atoms with Crippen LogP contribution in [0.5, 0.6) is 0 Å². The Morgan fingerprint density at radius 1 is 0.867 bits per heavy atom. The molecule has 1 aromatic rings. The summed E-state index contributed by atoms with van der Waals surface area (Å²) in [7, 11) is 0. The van der Waals surface area contributed by atoms with Gasteiger partial charge in [-0.15, -0.1) is 0 Å². The van der Waals surface area contributed by atoms with Gasteiger partial charge in [-0.1, -0.05) is 26.2 Å². The van der Waals surface area contributed by atoms with Crippen LogP contribution >= 0.6 is 0 Å². The van der Waals surface area contributed by atoms with Gasteiger partial charge < -0.3 is 15.1 Å². The topological polar surface area (TPSA) is 52.7 Å². The van der Waals surface area contributed by atoms with Crippen LogP contribution in [0.15, 0.2) is 18.2 Å². The number of hydrogen-bond acceptors (Lipinski definition) is 3. The van der Waals surface area contributed by atoms with Gasteiger partial charge in [0.15, 0.2) is 0 Å². The highest BCUT2D eigenvalue weighted by atomic mass is 16.2. The number of piperidine rings is 2. The van der Waals surface area contributed by atoms with Crippen LogP contribution in [0.2, 0.25) is 0 Å². The zero-order valence-corrected chi connectivity index (χ0v) is 18.5. The van der Waals surface area contributed by atoms with Crippen molar-refractivity contribution in [1.82, 2.24) is 4.90 Å². The molecule has 0 unspecified atom stereocenters.